The maximum Gasteiger partial charge on any atom is 0.323 e. The first kappa shape index (κ1) is 17.9. The first-order valence-electron chi connectivity index (χ1n) is 6.94. The summed E-state index contributed by atoms with van der Waals surface area (Å²) in [4.78, 5) is 3.66. The summed E-state index contributed by atoms with van der Waals surface area (Å²) < 4.78 is 52.4. The van der Waals surface area contributed by atoms with Gasteiger partial charge in [-0.25, -0.2) is 8.96 Å². The van der Waals surface area contributed by atoms with Crippen LogP contribution in [0.5, 0.6) is 0 Å². The SMILES string of the molecule is Cc1c(Cl)c2ccccc2n1S(=O)(=O)c1ncn(S(=O)(=O)N(C)C)n1. The molecule has 0 bridgehead atoms. The van der Waals surface area contributed by atoms with Gasteiger partial charge in [0.2, 0.25) is 0 Å². The van der Waals surface area contributed by atoms with Crippen LogP contribution in [0.4, 0.5) is 0 Å². The Hall–Kier alpha value is -1.95. The predicted molar refractivity (Wildman–Crippen MR) is 92.3 cm³/mol. The van der Waals surface area contributed by atoms with Gasteiger partial charge < -0.3 is 0 Å². The molecule has 0 spiro atoms. The lowest BCUT2D eigenvalue weighted by Gasteiger charge is -2.09. The molecule has 0 fully saturated rings. The van der Waals surface area contributed by atoms with Gasteiger partial charge in [0.15, 0.2) is 0 Å². The average Bonchev–Trinajstić information content (AvgIpc) is 3.13. The lowest BCUT2D eigenvalue weighted by molar-refractivity contribution is 0.502. The van der Waals surface area contributed by atoms with Gasteiger partial charge in [-0.2, -0.15) is 21.1 Å². The molecule has 3 aromatic rings. The van der Waals surface area contributed by atoms with Crippen molar-refractivity contribution < 1.29 is 16.8 Å². The van der Waals surface area contributed by atoms with E-state index in [-0.39, 0.29) is 5.69 Å². The second-order valence-corrected chi connectivity index (χ2v) is 9.43. The van der Waals surface area contributed by atoms with Crippen molar-refractivity contribution in [1.29, 1.82) is 0 Å². The zero-order valence-corrected chi connectivity index (χ0v) is 15.8. The minimum atomic E-state index is -4.23. The maximum atomic E-state index is 12.9. The second kappa shape index (κ2) is 5.80. The Bertz CT molecular complexity index is 1180. The lowest BCUT2D eigenvalue weighted by Crippen LogP contribution is -2.29. The lowest BCUT2D eigenvalue weighted by atomic mass is 10.2. The van der Waals surface area contributed by atoms with Crippen molar-refractivity contribution in [3.63, 3.8) is 0 Å². The summed E-state index contributed by atoms with van der Waals surface area (Å²) in [6.45, 7) is 1.55. The summed E-state index contributed by atoms with van der Waals surface area (Å²) in [6, 6.07) is 6.70. The van der Waals surface area contributed by atoms with Crippen molar-refractivity contribution in [2.24, 2.45) is 0 Å². The van der Waals surface area contributed by atoms with Gasteiger partial charge in [-0.1, -0.05) is 29.8 Å². The molecule has 134 valence electrons. The summed E-state index contributed by atoms with van der Waals surface area (Å²) in [7, 11) is -5.60. The minimum absolute atomic E-state index is 0.287. The molecule has 25 heavy (non-hydrogen) atoms. The molecule has 0 saturated heterocycles. The van der Waals surface area contributed by atoms with Crippen molar-refractivity contribution in [2.75, 3.05) is 14.1 Å². The van der Waals surface area contributed by atoms with E-state index < -0.39 is 25.4 Å². The van der Waals surface area contributed by atoms with Crippen LogP contribution in [-0.2, 0) is 20.2 Å². The molecular weight excluding hydrogens is 390 g/mol. The fourth-order valence-electron chi connectivity index (χ4n) is 2.32. The zero-order valence-electron chi connectivity index (χ0n) is 13.5. The van der Waals surface area contributed by atoms with Crippen LogP contribution < -0.4 is 0 Å². The molecule has 0 unspecified atom stereocenters. The predicted octanol–water partition coefficient (Wildman–Crippen LogP) is 1.09. The van der Waals surface area contributed by atoms with E-state index in [4.69, 9.17) is 11.6 Å². The molecule has 0 amide bonds. The topological polar surface area (TPSA) is 107 Å². The Morgan fingerprint density at radius 2 is 1.76 bits per heavy atom. The molecule has 0 aliphatic carbocycles. The van der Waals surface area contributed by atoms with Crippen LogP contribution in [0.3, 0.4) is 0 Å². The number of hydrogen-bond donors (Lipinski definition) is 0. The highest BCUT2D eigenvalue weighted by Gasteiger charge is 2.29. The molecule has 0 aliphatic heterocycles. The third kappa shape index (κ3) is 2.63. The van der Waals surface area contributed by atoms with Crippen LogP contribution >= 0.6 is 11.6 Å². The van der Waals surface area contributed by atoms with E-state index in [0.29, 0.717) is 20.0 Å². The molecule has 2 aromatic heterocycles. The number of fused-ring (bicyclic) bond motifs is 1. The molecule has 0 atom stereocenters. The Morgan fingerprint density at radius 3 is 2.40 bits per heavy atom. The molecule has 9 nitrogen and oxygen atoms in total. The van der Waals surface area contributed by atoms with Crippen LogP contribution in [0.25, 0.3) is 10.9 Å². The van der Waals surface area contributed by atoms with Crippen LogP contribution in [0.2, 0.25) is 5.02 Å². The summed E-state index contributed by atoms with van der Waals surface area (Å²) in [5.41, 5.74) is 0.645. The van der Waals surface area contributed by atoms with Gasteiger partial charge in [-0.15, -0.1) is 9.19 Å². The van der Waals surface area contributed by atoms with Crippen molar-refractivity contribution in [3.05, 3.63) is 41.3 Å². The highest BCUT2D eigenvalue weighted by Crippen LogP contribution is 2.32. The van der Waals surface area contributed by atoms with Gasteiger partial charge >= 0.3 is 20.2 Å². The smallest absolute Gasteiger partial charge is 0.234 e. The van der Waals surface area contributed by atoms with E-state index in [9.17, 15) is 16.8 Å². The first-order chi connectivity index (χ1) is 11.6. The molecule has 0 saturated carbocycles. The van der Waals surface area contributed by atoms with E-state index in [2.05, 4.69) is 10.1 Å². The number of halogens is 1. The van der Waals surface area contributed by atoms with E-state index in [0.717, 1.165) is 14.6 Å². The quantitative estimate of drug-likeness (QED) is 0.645. The minimum Gasteiger partial charge on any atom is -0.234 e. The molecule has 0 aliphatic rings. The normalized spacial score (nSPS) is 13.0. The van der Waals surface area contributed by atoms with Gasteiger partial charge in [0.1, 0.15) is 6.33 Å². The molecule has 12 heteroatoms. The molecule has 1 aromatic carbocycles. The first-order valence-corrected chi connectivity index (χ1v) is 10.2. The number of hydrogen-bond acceptors (Lipinski definition) is 6. The third-order valence-corrected chi connectivity index (χ3v) is 7.25. The molecule has 0 N–H and O–H groups in total. The maximum absolute atomic E-state index is 12.9. The van der Waals surface area contributed by atoms with Gasteiger partial charge in [-0.05, 0) is 13.0 Å². The van der Waals surface area contributed by atoms with Crippen LogP contribution in [0.15, 0.2) is 35.7 Å². The number of para-hydroxylation sites is 1. The fraction of sp³-hybridized carbons (Fsp3) is 0.231. The number of rotatable bonds is 4. The fourth-order valence-corrected chi connectivity index (χ4v) is 4.76. The summed E-state index contributed by atoms with van der Waals surface area (Å²) in [6.07, 6.45) is 0.838. The van der Waals surface area contributed by atoms with Gasteiger partial charge in [0.25, 0.3) is 5.16 Å². The average molecular weight is 404 g/mol. The van der Waals surface area contributed by atoms with Gasteiger partial charge in [0, 0.05) is 19.5 Å². The van der Waals surface area contributed by atoms with E-state index in [1.807, 2.05) is 0 Å². The highest BCUT2D eigenvalue weighted by molar-refractivity contribution is 7.90. The van der Waals surface area contributed by atoms with Crippen LogP contribution in [0, 0.1) is 6.92 Å². The highest BCUT2D eigenvalue weighted by atomic mass is 35.5. The molecule has 2 heterocycles. The number of nitrogens with zero attached hydrogens (tertiary/aromatic N) is 5. The Kier molecular flexibility index (Phi) is 4.14. The van der Waals surface area contributed by atoms with E-state index >= 15 is 0 Å². The molecule has 0 radical (unpaired) electrons. The van der Waals surface area contributed by atoms with Gasteiger partial charge in [-0.3, -0.25) is 0 Å². The largest absolute Gasteiger partial charge is 0.323 e. The van der Waals surface area contributed by atoms with Crippen molar-refractivity contribution >= 4 is 42.7 Å². The van der Waals surface area contributed by atoms with E-state index in [1.165, 1.54) is 14.1 Å². The standard InChI is InChI=1S/C13H14ClN5O4S2/c1-9-12(14)10-6-4-5-7-11(10)19(9)24(20,21)13-15-8-18(16-13)25(22,23)17(2)3/h4-8H,1-3H3. The summed E-state index contributed by atoms with van der Waals surface area (Å²) >= 11 is 6.23. The zero-order chi connectivity index (χ0) is 18.6. The summed E-state index contributed by atoms with van der Waals surface area (Å²) in [5, 5.41) is 3.84. The summed E-state index contributed by atoms with van der Waals surface area (Å²) in [5.74, 6) is 0. The van der Waals surface area contributed by atoms with Crippen LogP contribution in [0.1, 0.15) is 5.69 Å². The van der Waals surface area contributed by atoms with Crippen molar-refractivity contribution in [2.45, 2.75) is 12.1 Å². The number of aromatic nitrogens is 4. The Morgan fingerprint density at radius 1 is 1.12 bits per heavy atom. The molecule has 3 rings (SSSR count). The number of benzene rings is 1. The third-order valence-electron chi connectivity index (χ3n) is 3.60. The van der Waals surface area contributed by atoms with Crippen molar-refractivity contribution in [1.82, 2.24) is 22.4 Å². The molecular formula is C13H14ClN5O4S2. The van der Waals surface area contributed by atoms with E-state index in [1.54, 1.807) is 31.2 Å². The Labute approximate surface area is 149 Å². The van der Waals surface area contributed by atoms with Crippen LogP contribution in [-0.4, -0.2) is 53.4 Å². The second-order valence-electron chi connectivity index (χ2n) is 5.38. The Balaban J connectivity index is 2.23. The van der Waals surface area contributed by atoms with Crippen molar-refractivity contribution in [3.8, 4) is 0 Å². The monoisotopic (exact) mass is 403 g/mol. The van der Waals surface area contributed by atoms with Gasteiger partial charge in [0.05, 0.1) is 16.2 Å².